The first kappa shape index (κ1) is 22.4. The third kappa shape index (κ3) is 8.62. The summed E-state index contributed by atoms with van der Waals surface area (Å²) in [5, 5.41) is 18.6. The third-order valence-corrected chi connectivity index (χ3v) is 4.78. The third-order valence-electron chi connectivity index (χ3n) is 3.85. The molecule has 4 N–H and O–H groups in total. The summed E-state index contributed by atoms with van der Waals surface area (Å²) < 4.78 is 0. The van der Waals surface area contributed by atoms with E-state index < -0.39 is 0 Å². The number of nitrogens with zero attached hydrogens (tertiary/aromatic N) is 2. The molecule has 0 saturated carbocycles. The molecule has 1 rings (SSSR count). The average Bonchev–Trinajstić information content (AvgIpc) is 3.01. The quantitative estimate of drug-likeness (QED) is 0.265. The van der Waals surface area contributed by atoms with E-state index in [9.17, 15) is 9.90 Å². The van der Waals surface area contributed by atoms with Crippen molar-refractivity contribution in [1.82, 2.24) is 20.9 Å². The highest BCUT2D eigenvalue weighted by Crippen LogP contribution is 2.15. The van der Waals surface area contributed by atoms with Gasteiger partial charge in [-0.15, -0.1) is 11.3 Å². The van der Waals surface area contributed by atoms with Gasteiger partial charge in [0.1, 0.15) is 4.88 Å². The summed E-state index contributed by atoms with van der Waals surface area (Å²) in [7, 11) is 0. The largest absolute Gasteiger partial charge is 0.396 e. The Bertz CT molecular complexity index is 560. The SMILES string of the molecule is CCNC(=NCC(CCO)CC(C)C)NCCNC(=O)c1scnc1C. The number of aliphatic hydroxyl groups excluding tert-OH is 1. The van der Waals surface area contributed by atoms with Gasteiger partial charge in [-0.05, 0) is 38.5 Å². The van der Waals surface area contributed by atoms with Gasteiger partial charge >= 0.3 is 0 Å². The number of rotatable bonds is 11. The predicted molar refractivity (Wildman–Crippen MR) is 108 cm³/mol. The standard InChI is InChI=1S/C18H33N5O2S/c1-5-19-18(22-11-15(6-9-24)10-13(2)3)21-8-7-20-17(25)16-14(4)23-12-26-16/h12-13,15,24H,5-11H2,1-4H3,(H,20,25)(H2,19,21,22). The summed E-state index contributed by atoms with van der Waals surface area (Å²) in [5.74, 6) is 1.61. The summed E-state index contributed by atoms with van der Waals surface area (Å²) in [6, 6.07) is 0. The summed E-state index contributed by atoms with van der Waals surface area (Å²) in [5.41, 5.74) is 2.44. The number of thiazole rings is 1. The molecule has 1 amide bonds. The normalized spacial score (nSPS) is 12.9. The predicted octanol–water partition coefficient (Wildman–Crippen LogP) is 1.78. The lowest BCUT2D eigenvalue weighted by atomic mass is 9.94. The fraction of sp³-hybridized carbons (Fsp3) is 0.722. The Morgan fingerprint density at radius 3 is 2.62 bits per heavy atom. The van der Waals surface area contributed by atoms with Gasteiger partial charge in [0.2, 0.25) is 0 Å². The number of aliphatic hydroxyl groups is 1. The van der Waals surface area contributed by atoms with Gasteiger partial charge in [-0.1, -0.05) is 13.8 Å². The minimum atomic E-state index is -0.0892. The Labute approximate surface area is 160 Å². The molecule has 0 aliphatic carbocycles. The van der Waals surface area contributed by atoms with Crippen molar-refractivity contribution in [2.75, 3.05) is 32.8 Å². The molecule has 1 aromatic rings. The van der Waals surface area contributed by atoms with E-state index in [-0.39, 0.29) is 12.5 Å². The van der Waals surface area contributed by atoms with Crippen molar-refractivity contribution in [3.05, 3.63) is 16.1 Å². The molecule has 1 unspecified atom stereocenters. The van der Waals surface area contributed by atoms with Gasteiger partial charge in [-0.25, -0.2) is 4.98 Å². The lowest BCUT2D eigenvalue weighted by Crippen LogP contribution is -2.41. The minimum absolute atomic E-state index is 0.0892. The zero-order valence-corrected chi connectivity index (χ0v) is 17.2. The summed E-state index contributed by atoms with van der Waals surface area (Å²) in [6.45, 7) is 11.0. The van der Waals surface area contributed by atoms with Crippen LogP contribution in [0.4, 0.5) is 0 Å². The van der Waals surface area contributed by atoms with E-state index in [1.807, 2.05) is 13.8 Å². The Balaban J connectivity index is 2.43. The van der Waals surface area contributed by atoms with Crippen molar-refractivity contribution >= 4 is 23.2 Å². The van der Waals surface area contributed by atoms with Gasteiger partial charge in [-0.3, -0.25) is 9.79 Å². The number of aryl methyl sites for hydroxylation is 1. The number of amides is 1. The second-order valence-corrected chi connectivity index (χ2v) is 7.53. The van der Waals surface area contributed by atoms with Gasteiger partial charge in [0.25, 0.3) is 5.91 Å². The Morgan fingerprint density at radius 1 is 1.31 bits per heavy atom. The highest BCUT2D eigenvalue weighted by atomic mass is 32.1. The van der Waals surface area contributed by atoms with Crippen LogP contribution >= 0.6 is 11.3 Å². The van der Waals surface area contributed by atoms with Crippen LogP contribution in [0.3, 0.4) is 0 Å². The first-order valence-corrected chi connectivity index (χ1v) is 10.2. The van der Waals surface area contributed by atoms with Crippen LogP contribution in [-0.4, -0.2) is 54.7 Å². The molecule has 0 spiro atoms. The van der Waals surface area contributed by atoms with Crippen molar-refractivity contribution in [3.8, 4) is 0 Å². The lowest BCUT2D eigenvalue weighted by molar-refractivity contribution is 0.0957. The van der Waals surface area contributed by atoms with Gasteiger partial charge < -0.3 is 21.1 Å². The molecule has 0 aliphatic heterocycles. The Hall–Kier alpha value is -1.67. The van der Waals surface area contributed by atoms with Crippen LogP contribution in [0.2, 0.25) is 0 Å². The number of hydrogen-bond acceptors (Lipinski definition) is 5. The van der Waals surface area contributed by atoms with Crippen LogP contribution in [-0.2, 0) is 0 Å². The maximum Gasteiger partial charge on any atom is 0.263 e. The highest BCUT2D eigenvalue weighted by molar-refractivity contribution is 7.11. The molecule has 1 atom stereocenters. The number of aromatic nitrogens is 1. The molecule has 7 nitrogen and oxygen atoms in total. The summed E-state index contributed by atoms with van der Waals surface area (Å²) in [6.07, 6.45) is 1.82. The molecular formula is C18H33N5O2S. The van der Waals surface area contributed by atoms with Crippen LogP contribution in [0.5, 0.6) is 0 Å². The zero-order chi connectivity index (χ0) is 19.4. The van der Waals surface area contributed by atoms with E-state index in [1.165, 1.54) is 11.3 Å². The fourth-order valence-electron chi connectivity index (χ4n) is 2.65. The van der Waals surface area contributed by atoms with Crippen molar-refractivity contribution in [2.45, 2.75) is 40.5 Å². The van der Waals surface area contributed by atoms with Crippen LogP contribution in [0, 0.1) is 18.8 Å². The Morgan fingerprint density at radius 2 is 2.04 bits per heavy atom. The monoisotopic (exact) mass is 383 g/mol. The average molecular weight is 384 g/mol. The van der Waals surface area contributed by atoms with Crippen LogP contribution in [0.1, 0.15) is 49.0 Å². The lowest BCUT2D eigenvalue weighted by Gasteiger charge is -2.17. The first-order valence-electron chi connectivity index (χ1n) is 9.29. The van der Waals surface area contributed by atoms with Gasteiger partial charge in [0.15, 0.2) is 5.96 Å². The van der Waals surface area contributed by atoms with Crippen molar-refractivity contribution < 1.29 is 9.90 Å². The van der Waals surface area contributed by atoms with Gasteiger partial charge in [-0.2, -0.15) is 0 Å². The van der Waals surface area contributed by atoms with E-state index in [4.69, 9.17) is 0 Å². The molecule has 0 fully saturated rings. The summed E-state index contributed by atoms with van der Waals surface area (Å²) in [4.78, 5) is 21.4. The summed E-state index contributed by atoms with van der Waals surface area (Å²) >= 11 is 1.35. The van der Waals surface area contributed by atoms with Crippen LogP contribution in [0.15, 0.2) is 10.5 Å². The van der Waals surface area contributed by atoms with Crippen LogP contribution in [0.25, 0.3) is 0 Å². The second-order valence-electron chi connectivity index (χ2n) is 6.68. The fourth-order valence-corrected chi connectivity index (χ4v) is 3.37. The zero-order valence-electron chi connectivity index (χ0n) is 16.3. The maximum absolute atomic E-state index is 12.0. The molecule has 26 heavy (non-hydrogen) atoms. The smallest absolute Gasteiger partial charge is 0.263 e. The molecule has 0 aromatic carbocycles. The molecule has 8 heteroatoms. The number of carbonyl (C=O) groups excluding carboxylic acids is 1. The number of hydrogen-bond donors (Lipinski definition) is 4. The van der Waals surface area contributed by atoms with E-state index in [2.05, 4.69) is 39.8 Å². The molecule has 1 aromatic heterocycles. The van der Waals surface area contributed by atoms with Crippen molar-refractivity contribution in [2.24, 2.45) is 16.8 Å². The molecule has 1 heterocycles. The number of guanidine groups is 1. The van der Waals surface area contributed by atoms with Crippen LogP contribution < -0.4 is 16.0 Å². The second kappa shape index (κ2) is 12.6. The van der Waals surface area contributed by atoms with Gasteiger partial charge in [0, 0.05) is 32.8 Å². The van der Waals surface area contributed by atoms with Crippen molar-refractivity contribution in [1.29, 1.82) is 0 Å². The molecule has 0 bridgehead atoms. The minimum Gasteiger partial charge on any atom is -0.396 e. The van der Waals surface area contributed by atoms with Gasteiger partial charge in [0.05, 0.1) is 11.2 Å². The molecule has 0 aliphatic rings. The maximum atomic E-state index is 12.0. The van der Waals surface area contributed by atoms with E-state index >= 15 is 0 Å². The molecular weight excluding hydrogens is 350 g/mol. The Kier molecular flexibility index (Phi) is 10.9. The highest BCUT2D eigenvalue weighted by Gasteiger charge is 2.12. The number of nitrogens with one attached hydrogen (secondary N) is 3. The first-order chi connectivity index (χ1) is 12.5. The molecule has 148 valence electrons. The van der Waals surface area contributed by atoms with E-state index in [1.54, 1.807) is 5.51 Å². The number of carbonyl (C=O) groups is 1. The number of aliphatic imine (C=N–C) groups is 1. The van der Waals surface area contributed by atoms with E-state index in [0.29, 0.717) is 36.3 Å². The van der Waals surface area contributed by atoms with E-state index in [0.717, 1.165) is 31.0 Å². The molecule has 0 saturated heterocycles. The topological polar surface area (TPSA) is 98.6 Å². The molecule has 0 radical (unpaired) electrons. The van der Waals surface area contributed by atoms with Crippen molar-refractivity contribution in [3.63, 3.8) is 0 Å².